The van der Waals surface area contributed by atoms with Gasteiger partial charge in [0.05, 0.1) is 17.5 Å². The number of ether oxygens (including phenoxy) is 1. The number of carbonyl (C=O) groups is 2. The van der Waals surface area contributed by atoms with Crippen LogP contribution in [0, 0.1) is 40.4 Å². The summed E-state index contributed by atoms with van der Waals surface area (Å²) in [5, 5.41) is 10.9. The van der Waals surface area contributed by atoms with Crippen LogP contribution in [0.2, 0.25) is 0 Å². The van der Waals surface area contributed by atoms with Crippen molar-refractivity contribution in [2.24, 2.45) is 33.5 Å². The van der Waals surface area contributed by atoms with Gasteiger partial charge in [0.15, 0.2) is 5.78 Å². The number of fused-ring (bicyclic) bond motifs is 2. The van der Waals surface area contributed by atoms with Gasteiger partial charge >= 0.3 is 6.09 Å². The van der Waals surface area contributed by atoms with Gasteiger partial charge in [0.25, 0.3) is 0 Å². The summed E-state index contributed by atoms with van der Waals surface area (Å²) in [6.07, 6.45) is 12.8. The maximum Gasteiger partial charge on any atom is 0.410 e. The van der Waals surface area contributed by atoms with Crippen LogP contribution in [0.1, 0.15) is 78.9 Å². The van der Waals surface area contributed by atoms with Crippen LogP contribution >= 0.6 is 11.3 Å². The monoisotopic (exact) mass is 583 g/mol. The molecule has 1 N–H and O–H groups in total. The van der Waals surface area contributed by atoms with E-state index in [1.165, 1.54) is 0 Å². The molecule has 7 aliphatic rings. The largest absolute Gasteiger partial charge is 0.440 e. The van der Waals surface area contributed by atoms with Crippen molar-refractivity contribution in [1.82, 2.24) is 4.90 Å². The van der Waals surface area contributed by atoms with Gasteiger partial charge in [-0.1, -0.05) is 62.4 Å². The fourth-order valence-corrected chi connectivity index (χ4v) is 11.8. The van der Waals surface area contributed by atoms with Crippen LogP contribution in [0.5, 0.6) is 0 Å². The number of carbonyl (C=O) groups excluding carboxylic acids is 2. The summed E-state index contributed by atoms with van der Waals surface area (Å²) in [6.45, 7) is 8.02. The third kappa shape index (κ3) is 3.23. The predicted molar refractivity (Wildman–Crippen MR) is 163 cm³/mol. The fourth-order valence-electron chi connectivity index (χ4n) is 11.0. The lowest BCUT2D eigenvalue weighted by molar-refractivity contribution is -0.164. The Balaban J connectivity index is 1.23. The summed E-state index contributed by atoms with van der Waals surface area (Å²) in [6, 6.07) is 14.2. The maximum atomic E-state index is 14.6. The van der Waals surface area contributed by atoms with E-state index in [4.69, 9.17) is 4.74 Å². The van der Waals surface area contributed by atoms with Crippen molar-refractivity contribution in [2.45, 2.75) is 84.0 Å². The van der Waals surface area contributed by atoms with Crippen LogP contribution in [0.3, 0.4) is 0 Å². The minimum Gasteiger partial charge on any atom is -0.440 e. The number of amides is 1. The summed E-state index contributed by atoms with van der Waals surface area (Å²) in [4.78, 5) is 31.9. The average Bonchev–Trinajstić information content (AvgIpc) is 3.63. The number of rotatable bonds is 4. The smallest absolute Gasteiger partial charge is 0.410 e. The zero-order chi connectivity index (χ0) is 29.1. The van der Waals surface area contributed by atoms with Crippen LogP contribution in [-0.2, 0) is 11.3 Å². The van der Waals surface area contributed by atoms with E-state index in [1.54, 1.807) is 11.3 Å². The number of aliphatic hydroxyl groups excluding tert-OH is 1. The van der Waals surface area contributed by atoms with Crippen molar-refractivity contribution in [3.05, 3.63) is 81.6 Å². The molecule has 1 aromatic heterocycles. The van der Waals surface area contributed by atoms with Gasteiger partial charge in [0.2, 0.25) is 0 Å². The van der Waals surface area contributed by atoms with E-state index in [0.717, 1.165) is 59.4 Å². The number of allylic oxidation sites excluding steroid dienone is 4. The fraction of sp³-hybridized carbons (Fsp3) is 0.556. The molecule has 0 unspecified atom stereocenters. The molecule has 2 heterocycles. The summed E-state index contributed by atoms with van der Waals surface area (Å²) in [5.74, 6) is 0.671. The molecule has 3 spiro atoms. The molecule has 9 rings (SSSR count). The molecule has 5 nitrogen and oxygen atoms in total. The lowest BCUT2D eigenvalue weighted by Gasteiger charge is -2.71. The van der Waals surface area contributed by atoms with Crippen LogP contribution in [0.15, 0.2) is 66.3 Å². The Morgan fingerprint density at radius 2 is 1.74 bits per heavy atom. The topological polar surface area (TPSA) is 66.8 Å². The van der Waals surface area contributed by atoms with Gasteiger partial charge < -0.3 is 9.84 Å². The molecule has 6 heteroatoms. The van der Waals surface area contributed by atoms with E-state index in [1.807, 2.05) is 35.2 Å². The summed E-state index contributed by atoms with van der Waals surface area (Å²) in [5.41, 5.74) is 0.540. The molecule has 0 radical (unpaired) electrons. The molecule has 3 saturated carbocycles. The number of benzene rings is 1. The van der Waals surface area contributed by atoms with E-state index in [9.17, 15) is 14.7 Å². The van der Waals surface area contributed by atoms with Gasteiger partial charge in [0.1, 0.15) is 5.60 Å². The molecule has 1 amide bonds. The molecule has 42 heavy (non-hydrogen) atoms. The standard InChI is InChI=1S/C36H41NO4S/c1-23-9-10-27(42-23)30(39)26-20-34-17-18-36(26)28(32(34,2)14-11-25(38)19-34)12-15-33(3)29(36)13-16-35(33)22-37(31(40)41-35)21-24-7-5-4-6-8-24/h4-10,17-18,20,25,28-29,38H,11-16,19,21-22H2,1-3H3/t25-,28+,29+,32+,33-,34-,35+,36+/m0/s1. The summed E-state index contributed by atoms with van der Waals surface area (Å²) < 4.78 is 6.50. The molecule has 1 aromatic carbocycles. The summed E-state index contributed by atoms with van der Waals surface area (Å²) >= 11 is 1.58. The van der Waals surface area contributed by atoms with Crippen LogP contribution in [0.4, 0.5) is 4.79 Å². The SMILES string of the molecule is Cc1ccc(C(=O)C2=C[C@@]34C=C[C@@]25[C@@H]2CC[C@@]6(CN(Cc7ccccc7)C(=O)O6)[C@@]2(C)CC[C@@H]5[C@@]3(C)CC[C@H](O)C4)s1. The molecular weight excluding hydrogens is 542 g/mol. The minimum atomic E-state index is -0.555. The number of hydrogen-bond donors (Lipinski definition) is 1. The number of Topliss-reactive ketones (excluding diaryl/α,β-unsaturated/α-hetero) is 1. The van der Waals surface area contributed by atoms with Crippen molar-refractivity contribution >= 4 is 23.2 Å². The van der Waals surface area contributed by atoms with Gasteiger partial charge in [0, 0.05) is 33.2 Å². The van der Waals surface area contributed by atoms with E-state index in [2.05, 4.69) is 51.1 Å². The van der Waals surface area contributed by atoms with Crippen LogP contribution in [0.25, 0.3) is 0 Å². The van der Waals surface area contributed by atoms with Crippen molar-refractivity contribution < 1.29 is 19.4 Å². The highest BCUT2D eigenvalue weighted by Gasteiger charge is 2.76. The van der Waals surface area contributed by atoms with Crippen molar-refractivity contribution in [3.8, 4) is 0 Å². The molecular formula is C36H41NO4S. The zero-order valence-electron chi connectivity index (χ0n) is 24.9. The van der Waals surface area contributed by atoms with Crippen molar-refractivity contribution in [3.63, 3.8) is 0 Å². The molecule has 8 atom stereocenters. The normalized spacial score (nSPS) is 43.1. The van der Waals surface area contributed by atoms with Crippen molar-refractivity contribution in [1.29, 1.82) is 0 Å². The van der Waals surface area contributed by atoms with Crippen molar-refractivity contribution in [2.75, 3.05) is 6.54 Å². The molecule has 1 aliphatic heterocycles. The Bertz CT molecular complexity index is 1540. The van der Waals surface area contributed by atoms with Gasteiger partial charge in [-0.25, -0.2) is 4.79 Å². The quantitative estimate of drug-likeness (QED) is 0.299. The Hall–Kier alpha value is -2.70. The van der Waals surface area contributed by atoms with Crippen LogP contribution < -0.4 is 0 Å². The van der Waals surface area contributed by atoms with Gasteiger partial charge in [-0.05, 0) is 86.8 Å². The molecule has 220 valence electrons. The maximum absolute atomic E-state index is 14.6. The third-order valence-corrected chi connectivity index (χ3v) is 14.1. The zero-order valence-corrected chi connectivity index (χ0v) is 25.7. The van der Waals surface area contributed by atoms with Gasteiger partial charge in [-0.3, -0.25) is 9.69 Å². The summed E-state index contributed by atoms with van der Waals surface area (Å²) in [7, 11) is 0. The molecule has 4 fully saturated rings. The van der Waals surface area contributed by atoms with E-state index >= 15 is 0 Å². The van der Waals surface area contributed by atoms with E-state index < -0.39 is 11.0 Å². The number of aliphatic hydroxyl groups is 1. The van der Waals surface area contributed by atoms with E-state index in [0.29, 0.717) is 25.4 Å². The number of ketones is 1. The molecule has 2 bridgehead atoms. The minimum absolute atomic E-state index is 0.0150. The third-order valence-electron chi connectivity index (χ3n) is 13.1. The molecule has 6 aliphatic carbocycles. The second-order valence-electron chi connectivity index (χ2n) is 14.7. The Morgan fingerprint density at radius 3 is 2.50 bits per heavy atom. The Kier molecular flexibility index (Phi) is 5.57. The Morgan fingerprint density at radius 1 is 1.00 bits per heavy atom. The highest BCUT2D eigenvalue weighted by atomic mass is 32.1. The second-order valence-corrected chi connectivity index (χ2v) is 16.0. The highest BCUT2D eigenvalue weighted by Crippen LogP contribution is 2.79. The lowest BCUT2D eigenvalue weighted by atomic mass is 9.32. The number of hydrogen-bond acceptors (Lipinski definition) is 5. The van der Waals surface area contributed by atoms with E-state index in [-0.39, 0.29) is 40.1 Å². The number of nitrogens with zero attached hydrogens (tertiary/aromatic N) is 1. The van der Waals surface area contributed by atoms with Gasteiger partial charge in [-0.15, -0.1) is 11.3 Å². The first kappa shape index (κ1) is 26.9. The predicted octanol–water partition coefficient (Wildman–Crippen LogP) is 7.49. The van der Waals surface area contributed by atoms with Gasteiger partial charge in [-0.2, -0.15) is 0 Å². The first-order chi connectivity index (χ1) is 20.1. The first-order valence-corrected chi connectivity index (χ1v) is 16.6. The lowest BCUT2D eigenvalue weighted by Crippen LogP contribution is -2.67. The highest BCUT2D eigenvalue weighted by molar-refractivity contribution is 7.14. The molecule has 1 saturated heterocycles. The first-order valence-electron chi connectivity index (χ1n) is 15.8. The number of aryl methyl sites for hydroxylation is 1. The number of thiophene rings is 1. The molecule has 2 aromatic rings. The second kappa shape index (κ2) is 8.69. The Labute approximate surface area is 252 Å². The average molecular weight is 584 g/mol. The van der Waals surface area contributed by atoms with Crippen LogP contribution in [-0.4, -0.2) is 40.1 Å².